The molecule has 1 saturated heterocycles. The number of hydrogen-bond acceptors (Lipinski definition) is 4. The van der Waals surface area contributed by atoms with Gasteiger partial charge in [0.1, 0.15) is 11.6 Å². The van der Waals surface area contributed by atoms with Crippen LogP contribution in [0.25, 0.3) is 0 Å². The Hall–Kier alpha value is -1.43. The van der Waals surface area contributed by atoms with Crippen molar-refractivity contribution in [2.75, 3.05) is 19.7 Å². The molecule has 116 valence electrons. The molecule has 21 heavy (non-hydrogen) atoms. The number of carbonyl (C=O) groups excluding carboxylic acids is 1. The Labute approximate surface area is 125 Å². The van der Waals surface area contributed by atoms with E-state index in [0.717, 1.165) is 44.0 Å². The first-order chi connectivity index (χ1) is 10.1. The van der Waals surface area contributed by atoms with Crippen LogP contribution in [-0.2, 0) is 9.53 Å². The van der Waals surface area contributed by atoms with Gasteiger partial charge in [0.05, 0.1) is 18.1 Å². The topological polar surface area (TPSA) is 60.2 Å². The van der Waals surface area contributed by atoms with Crippen LogP contribution < -0.4 is 0 Å². The Balaban J connectivity index is 1.64. The highest BCUT2D eigenvalue weighted by Gasteiger charge is 2.46. The zero-order valence-corrected chi connectivity index (χ0v) is 13.1. The highest BCUT2D eigenvalue weighted by atomic mass is 16.5. The number of rotatable bonds is 4. The number of amides is 1. The molecule has 0 radical (unpaired) electrons. The predicted molar refractivity (Wildman–Crippen MR) is 77.9 cm³/mol. The second kappa shape index (κ2) is 5.75. The summed E-state index contributed by atoms with van der Waals surface area (Å²) < 4.78 is 7.52. The number of likely N-dealkylation sites (tertiary alicyclic amines) is 1. The average molecular weight is 292 g/mol. The lowest BCUT2D eigenvalue weighted by molar-refractivity contribution is -0.135. The predicted octanol–water partition coefficient (Wildman–Crippen LogP) is 1.48. The molecule has 6 nitrogen and oxygen atoms in total. The average Bonchev–Trinajstić information content (AvgIpc) is 3.15. The van der Waals surface area contributed by atoms with E-state index in [1.807, 2.05) is 30.4 Å². The van der Waals surface area contributed by atoms with Crippen molar-refractivity contribution >= 4 is 5.91 Å². The van der Waals surface area contributed by atoms with Crippen LogP contribution in [0.3, 0.4) is 0 Å². The van der Waals surface area contributed by atoms with Gasteiger partial charge in [-0.3, -0.25) is 4.79 Å². The lowest BCUT2D eigenvalue weighted by Gasteiger charge is -2.33. The first-order valence-electron chi connectivity index (χ1n) is 7.90. The number of aromatic nitrogens is 3. The number of ether oxygens (including phenoxy) is 1. The van der Waals surface area contributed by atoms with Gasteiger partial charge >= 0.3 is 0 Å². The van der Waals surface area contributed by atoms with E-state index < -0.39 is 0 Å². The van der Waals surface area contributed by atoms with Crippen LogP contribution in [0, 0.1) is 19.8 Å². The summed E-state index contributed by atoms with van der Waals surface area (Å²) in [5.41, 5.74) is 0. The Morgan fingerprint density at radius 1 is 1.43 bits per heavy atom. The molecule has 3 rings (SSSR count). The zero-order chi connectivity index (χ0) is 15.0. The molecule has 6 heteroatoms. The molecule has 0 bridgehead atoms. The summed E-state index contributed by atoms with van der Waals surface area (Å²) in [5.74, 6) is 2.08. The summed E-state index contributed by atoms with van der Waals surface area (Å²) in [7, 11) is 0. The van der Waals surface area contributed by atoms with E-state index >= 15 is 0 Å². The van der Waals surface area contributed by atoms with Crippen molar-refractivity contribution in [1.29, 1.82) is 0 Å². The highest BCUT2D eigenvalue weighted by Crippen LogP contribution is 2.36. The van der Waals surface area contributed by atoms with E-state index in [2.05, 4.69) is 10.1 Å². The van der Waals surface area contributed by atoms with Crippen LogP contribution in [0.1, 0.15) is 43.9 Å². The summed E-state index contributed by atoms with van der Waals surface area (Å²) >= 11 is 0. The molecular formula is C15H24N4O2. The fraction of sp³-hybridized carbons (Fsp3) is 0.800. The number of hydrogen-bond donors (Lipinski definition) is 0. The summed E-state index contributed by atoms with van der Waals surface area (Å²) in [6, 6.07) is 0.258. The van der Waals surface area contributed by atoms with Gasteiger partial charge in [0.25, 0.3) is 0 Å². The molecule has 1 aromatic rings. The molecule has 1 aliphatic heterocycles. The first kappa shape index (κ1) is 14.5. The standard InChI is InChI=1S/C15H24N4O2/c1-4-21-14-8-13(14)15(20)18-7-5-6-12(9-18)19-11(3)16-10(2)17-19/h12-14H,4-9H2,1-3H3/t12-,13+,14-/m1/s1. The minimum absolute atomic E-state index is 0.0854. The molecule has 2 fully saturated rings. The fourth-order valence-electron chi connectivity index (χ4n) is 3.30. The van der Waals surface area contributed by atoms with Crippen molar-refractivity contribution in [3.8, 4) is 0 Å². The SMILES string of the molecule is CCO[C@@H]1C[C@@H]1C(=O)N1CCC[C@@H](n2nc(C)nc2C)C1. The largest absolute Gasteiger partial charge is 0.378 e. The van der Waals surface area contributed by atoms with Crippen molar-refractivity contribution in [2.45, 2.75) is 52.2 Å². The maximum atomic E-state index is 12.5. The quantitative estimate of drug-likeness (QED) is 0.843. The van der Waals surface area contributed by atoms with Crippen molar-refractivity contribution in [1.82, 2.24) is 19.7 Å². The summed E-state index contributed by atoms with van der Waals surface area (Å²) in [6.45, 7) is 8.16. The van der Waals surface area contributed by atoms with Crippen LogP contribution in [-0.4, -0.2) is 51.4 Å². The number of piperidine rings is 1. The zero-order valence-electron chi connectivity index (χ0n) is 13.1. The Bertz CT molecular complexity index is 528. The third kappa shape index (κ3) is 2.95. The van der Waals surface area contributed by atoms with Gasteiger partial charge in [0.2, 0.25) is 5.91 Å². The summed E-state index contributed by atoms with van der Waals surface area (Å²) in [4.78, 5) is 18.9. The van der Waals surface area contributed by atoms with E-state index in [0.29, 0.717) is 6.61 Å². The normalized spacial score (nSPS) is 28.7. The molecule has 1 aliphatic carbocycles. The lowest BCUT2D eigenvalue weighted by atomic mass is 10.1. The smallest absolute Gasteiger partial charge is 0.228 e. The van der Waals surface area contributed by atoms with Crippen LogP contribution in [0.2, 0.25) is 0 Å². The van der Waals surface area contributed by atoms with Crippen molar-refractivity contribution < 1.29 is 9.53 Å². The fourth-order valence-corrected chi connectivity index (χ4v) is 3.30. The third-order valence-electron chi connectivity index (χ3n) is 4.39. The Morgan fingerprint density at radius 3 is 2.90 bits per heavy atom. The van der Waals surface area contributed by atoms with Gasteiger partial charge in [0, 0.05) is 19.7 Å². The Morgan fingerprint density at radius 2 is 2.24 bits per heavy atom. The van der Waals surface area contributed by atoms with Crippen molar-refractivity contribution in [3.63, 3.8) is 0 Å². The number of aryl methyl sites for hydroxylation is 2. The second-order valence-corrected chi connectivity index (χ2v) is 6.07. The Kier molecular flexibility index (Phi) is 3.97. The minimum atomic E-state index is 0.0854. The lowest BCUT2D eigenvalue weighted by Crippen LogP contribution is -2.42. The molecule has 3 atom stereocenters. The van der Waals surface area contributed by atoms with Gasteiger partial charge in [-0.15, -0.1) is 0 Å². The molecule has 2 aliphatic rings. The van der Waals surface area contributed by atoms with Crippen molar-refractivity contribution in [3.05, 3.63) is 11.6 Å². The summed E-state index contributed by atoms with van der Waals surface area (Å²) in [6.07, 6.45) is 3.13. The molecular weight excluding hydrogens is 268 g/mol. The molecule has 2 heterocycles. The third-order valence-corrected chi connectivity index (χ3v) is 4.39. The maximum Gasteiger partial charge on any atom is 0.228 e. The van der Waals surface area contributed by atoms with Gasteiger partial charge in [-0.05, 0) is 40.0 Å². The monoisotopic (exact) mass is 292 g/mol. The minimum Gasteiger partial charge on any atom is -0.378 e. The maximum absolute atomic E-state index is 12.5. The van der Waals surface area contributed by atoms with Gasteiger partial charge in [-0.1, -0.05) is 0 Å². The second-order valence-electron chi connectivity index (χ2n) is 6.07. The number of nitrogens with zero attached hydrogens (tertiary/aromatic N) is 4. The molecule has 0 N–H and O–H groups in total. The van der Waals surface area contributed by atoms with E-state index in [1.54, 1.807) is 0 Å². The number of carbonyl (C=O) groups is 1. The molecule has 1 amide bonds. The van der Waals surface area contributed by atoms with E-state index in [-0.39, 0.29) is 24.0 Å². The van der Waals surface area contributed by atoms with E-state index in [1.165, 1.54) is 0 Å². The van der Waals surface area contributed by atoms with Crippen molar-refractivity contribution in [2.24, 2.45) is 5.92 Å². The van der Waals surface area contributed by atoms with Crippen LogP contribution in [0.4, 0.5) is 0 Å². The first-order valence-corrected chi connectivity index (χ1v) is 7.90. The molecule has 0 aromatic carbocycles. The van der Waals surface area contributed by atoms with E-state index in [9.17, 15) is 4.79 Å². The van der Waals surface area contributed by atoms with Crippen LogP contribution in [0.15, 0.2) is 0 Å². The summed E-state index contributed by atoms with van der Waals surface area (Å²) in [5, 5.41) is 4.48. The molecule has 0 spiro atoms. The van der Waals surface area contributed by atoms with Gasteiger partial charge < -0.3 is 9.64 Å². The molecule has 0 unspecified atom stereocenters. The van der Waals surface area contributed by atoms with Crippen LogP contribution in [0.5, 0.6) is 0 Å². The molecule has 1 saturated carbocycles. The van der Waals surface area contributed by atoms with Gasteiger partial charge in [-0.25, -0.2) is 9.67 Å². The van der Waals surface area contributed by atoms with Gasteiger partial charge in [-0.2, -0.15) is 5.10 Å². The highest BCUT2D eigenvalue weighted by molar-refractivity contribution is 5.82. The van der Waals surface area contributed by atoms with E-state index in [4.69, 9.17) is 4.74 Å². The van der Waals surface area contributed by atoms with Crippen LogP contribution >= 0.6 is 0 Å². The molecule has 1 aromatic heterocycles. The van der Waals surface area contributed by atoms with Gasteiger partial charge in [0.15, 0.2) is 0 Å².